The van der Waals surface area contributed by atoms with Crippen LogP contribution >= 0.6 is 0 Å². The van der Waals surface area contributed by atoms with Crippen LogP contribution in [0.1, 0.15) is 51.4 Å². The molecule has 0 unspecified atom stereocenters. The summed E-state index contributed by atoms with van der Waals surface area (Å²) in [5, 5.41) is 18.4. The molecule has 0 amide bonds. The first-order chi connectivity index (χ1) is 14.4. The summed E-state index contributed by atoms with van der Waals surface area (Å²) in [6, 6.07) is 3.93. The highest BCUT2D eigenvalue weighted by Gasteiger charge is 2.11. The zero-order valence-electron chi connectivity index (χ0n) is 16.6. The lowest BCUT2D eigenvalue weighted by atomic mass is 10.1. The summed E-state index contributed by atoms with van der Waals surface area (Å²) >= 11 is 0. The first-order valence-corrected chi connectivity index (χ1v) is 10.00. The molecule has 0 heterocycles. The van der Waals surface area contributed by atoms with E-state index in [9.17, 15) is 27.8 Å². The number of hydrogen-bond donors (Lipinski definition) is 2. The van der Waals surface area contributed by atoms with Crippen molar-refractivity contribution in [2.24, 2.45) is 0 Å². The lowest BCUT2D eigenvalue weighted by Crippen LogP contribution is -1.99. The molecule has 0 atom stereocenters. The van der Waals surface area contributed by atoms with Gasteiger partial charge < -0.3 is 19.7 Å². The predicted molar refractivity (Wildman–Crippen MR) is 104 cm³/mol. The predicted octanol–water partition coefficient (Wildman–Crippen LogP) is 6.23. The molecule has 0 radical (unpaired) electrons. The molecule has 30 heavy (non-hydrogen) atoms. The minimum absolute atomic E-state index is 0.104. The van der Waals surface area contributed by atoms with Gasteiger partial charge in [-0.3, -0.25) is 0 Å². The molecule has 2 N–H and O–H groups in total. The van der Waals surface area contributed by atoms with Gasteiger partial charge in [0.05, 0.1) is 13.2 Å². The Morgan fingerprint density at radius 1 is 0.533 bits per heavy atom. The average Bonchev–Trinajstić information content (AvgIpc) is 2.70. The second kappa shape index (κ2) is 12.1. The van der Waals surface area contributed by atoms with Crippen LogP contribution in [0, 0.1) is 23.3 Å². The number of benzene rings is 2. The first-order valence-electron chi connectivity index (χ1n) is 10.00. The number of unbranched alkanes of at least 4 members (excludes halogenated alkanes) is 7. The van der Waals surface area contributed by atoms with E-state index in [4.69, 9.17) is 9.47 Å². The highest BCUT2D eigenvalue weighted by atomic mass is 19.2. The van der Waals surface area contributed by atoms with E-state index in [1.807, 2.05) is 0 Å². The van der Waals surface area contributed by atoms with E-state index in [0.717, 1.165) is 75.6 Å². The SMILES string of the molecule is Oc1cc(OCCCCCCCCCCOc2cc(O)c(F)c(F)c2)cc(F)c1F. The normalized spacial score (nSPS) is 10.9. The number of rotatable bonds is 13. The summed E-state index contributed by atoms with van der Waals surface area (Å²) in [4.78, 5) is 0. The van der Waals surface area contributed by atoms with Crippen molar-refractivity contribution in [2.75, 3.05) is 13.2 Å². The lowest BCUT2D eigenvalue weighted by Gasteiger charge is -2.08. The standard InChI is InChI=1S/C22H26F4O4/c23-17-11-15(13-19(27)21(17)25)29-9-7-5-3-1-2-4-6-8-10-30-16-12-18(24)22(26)20(28)14-16/h11-14,27-28H,1-10H2. The summed E-state index contributed by atoms with van der Waals surface area (Å²) in [6.07, 6.45) is 7.60. The van der Waals surface area contributed by atoms with Crippen molar-refractivity contribution in [3.8, 4) is 23.0 Å². The van der Waals surface area contributed by atoms with Crippen molar-refractivity contribution in [3.63, 3.8) is 0 Å². The van der Waals surface area contributed by atoms with E-state index in [-0.39, 0.29) is 11.5 Å². The van der Waals surface area contributed by atoms with Gasteiger partial charge in [0, 0.05) is 24.3 Å². The highest BCUT2D eigenvalue weighted by molar-refractivity contribution is 5.35. The van der Waals surface area contributed by atoms with Crippen LogP contribution in [0.25, 0.3) is 0 Å². The Morgan fingerprint density at radius 3 is 1.20 bits per heavy atom. The fourth-order valence-electron chi connectivity index (χ4n) is 2.91. The Kier molecular flexibility index (Phi) is 9.57. The fourth-order valence-corrected chi connectivity index (χ4v) is 2.91. The maximum atomic E-state index is 13.1. The minimum Gasteiger partial charge on any atom is -0.505 e. The lowest BCUT2D eigenvalue weighted by molar-refractivity contribution is 0.295. The third kappa shape index (κ3) is 7.65. The second-order valence-electron chi connectivity index (χ2n) is 7.00. The van der Waals surface area contributed by atoms with Crippen molar-refractivity contribution in [3.05, 3.63) is 47.5 Å². The summed E-state index contributed by atoms with van der Waals surface area (Å²) in [7, 11) is 0. The van der Waals surface area contributed by atoms with Crippen molar-refractivity contribution in [1.29, 1.82) is 0 Å². The van der Waals surface area contributed by atoms with E-state index in [1.165, 1.54) is 0 Å². The molecule has 0 aliphatic carbocycles. The van der Waals surface area contributed by atoms with Gasteiger partial charge >= 0.3 is 0 Å². The Hall–Kier alpha value is -2.64. The Morgan fingerprint density at radius 2 is 0.867 bits per heavy atom. The molecule has 2 rings (SSSR count). The molecular formula is C22H26F4O4. The van der Waals surface area contributed by atoms with Crippen LogP contribution in [0.2, 0.25) is 0 Å². The molecule has 0 spiro atoms. The molecule has 0 aliphatic rings. The molecule has 0 saturated carbocycles. The van der Waals surface area contributed by atoms with Gasteiger partial charge in [0.1, 0.15) is 11.5 Å². The van der Waals surface area contributed by atoms with Gasteiger partial charge in [0.25, 0.3) is 0 Å². The third-order valence-electron chi connectivity index (χ3n) is 4.54. The van der Waals surface area contributed by atoms with Crippen LogP contribution in [0.15, 0.2) is 24.3 Å². The number of aromatic hydroxyl groups is 2. The summed E-state index contributed by atoms with van der Waals surface area (Å²) < 4.78 is 62.8. The minimum atomic E-state index is -1.28. The van der Waals surface area contributed by atoms with Crippen LogP contribution in [0.4, 0.5) is 17.6 Å². The Bertz CT molecular complexity index is 700. The number of phenols is 2. The molecule has 0 bridgehead atoms. The fraction of sp³-hybridized carbons (Fsp3) is 0.455. The van der Waals surface area contributed by atoms with Gasteiger partial charge in [0.15, 0.2) is 23.1 Å². The number of phenolic OH excluding ortho intramolecular Hbond substituents is 2. The van der Waals surface area contributed by atoms with Crippen molar-refractivity contribution < 1.29 is 37.2 Å². The van der Waals surface area contributed by atoms with E-state index < -0.39 is 34.8 Å². The second-order valence-corrected chi connectivity index (χ2v) is 7.00. The van der Waals surface area contributed by atoms with Crippen molar-refractivity contribution >= 4 is 0 Å². The molecule has 0 fully saturated rings. The van der Waals surface area contributed by atoms with Crippen LogP contribution in [-0.2, 0) is 0 Å². The molecule has 2 aromatic rings. The molecule has 166 valence electrons. The summed E-state index contributed by atoms with van der Waals surface area (Å²) in [5.74, 6) is -6.16. The van der Waals surface area contributed by atoms with Crippen LogP contribution < -0.4 is 9.47 Å². The Balaban J connectivity index is 1.44. The van der Waals surface area contributed by atoms with Gasteiger partial charge in [-0.2, -0.15) is 8.78 Å². The molecule has 0 aromatic heterocycles. The highest BCUT2D eigenvalue weighted by Crippen LogP contribution is 2.26. The van der Waals surface area contributed by atoms with Gasteiger partial charge in [-0.15, -0.1) is 0 Å². The maximum Gasteiger partial charge on any atom is 0.200 e. The maximum absolute atomic E-state index is 13.1. The van der Waals surface area contributed by atoms with E-state index in [2.05, 4.69) is 0 Å². The largest absolute Gasteiger partial charge is 0.505 e. The van der Waals surface area contributed by atoms with E-state index >= 15 is 0 Å². The summed E-state index contributed by atoms with van der Waals surface area (Å²) in [5.41, 5.74) is 0. The van der Waals surface area contributed by atoms with Crippen LogP contribution in [0.5, 0.6) is 23.0 Å². The summed E-state index contributed by atoms with van der Waals surface area (Å²) in [6.45, 7) is 0.725. The molecular weight excluding hydrogens is 404 g/mol. The zero-order chi connectivity index (χ0) is 21.9. The van der Waals surface area contributed by atoms with E-state index in [0.29, 0.717) is 13.2 Å². The van der Waals surface area contributed by atoms with Crippen molar-refractivity contribution in [1.82, 2.24) is 0 Å². The molecule has 0 saturated heterocycles. The van der Waals surface area contributed by atoms with E-state index in [1.54, 1.807) is 0 Å². The van der Waals surface area contributed by atoms with Gasteiger partial charge in [-0.1, -0.05) is 38.5 Å². The Labute approximate surface area is 173 Å². The zero-order valence-corrected chi connectivity index (χ0v) is 16.6. The molecule has 8 heteroatoms. The molecule has 4 nitrogen and oxygen atoms in total. The quantitative estimate of drug-likeness (QED) is 0.292. The smallest absolute Gasteiger partial charge is 0.200 e. The monoisotopic (exact) mass is 430 g/mol. The van der Waals surface area contributed by atoms with Gasteiger partial charge in [-0.25, -0.2) is 8.78 Å². The molecule has 2 aromatic carbocycles. The third-order valence-corrected chi connectivity index (χ3v) is 4.54. The average molecular weight is 430 g/mol. The first kappa shape index (κ1) is 23.6. The van der Waals surface area contributed by atoms with Gasteiger partial charge in [-0.05, 0) is 12.8 Å². The van der Waals surface area contributed by atoms with Crippen molar-refractivity contribution in [2.45, 2.75) is 51.4 Å². The number of ether oxygens (including phenoxy) is 2. The van der Waals surface area contributed by atoms with Crippen LogP contribution in [0.3, 0.4) is 0 Å². The van der Waals surface area contributed by atoms with Crippen LogP contribution in [-0.4, -0.2) is 23.4 Å². The topological polar surface area (TPSA) is 58.9 Å². The number of halogens is 4. The number of hydrogen-bond acceptors (Lipinski definition) is 4. The molecule has 0 aliphatic heterocycles. The van der Waals surface area contributed by atoms with Gasteiger partial charge in [0.2, 0.25) is 11.6 Å².